The lowest BCUT2D eigenvalue weighted by atomic mass is 9.91. The fourth-order valence-electron chi connectivity index (χ4n) is 3.38. The Labute approximate surface area is 177 Å². The van der Waals surface area contributed by atoms with Crippen molar-refractivity contribution in [2.45, 2.75) is 32.7 Å². The topological polar surface area (TPSA) is 55.4 Å². The van der Waals surface area contributed by atoms with Crippen molar-refractivity contribution in [3.63, 3.8) is 0 Å². The van der Waals surface area contributed by atoms with Crippen LogP contribution in [0.4, 0.5) is 0 Å². The molecule has 1 N–H and O–H groups in total. The minimum absolute atomic E-state index is 0.172. The third-order valence-electron chi connectivity index (χ3n) is 5.26. The lowest BCUT2D eigenvalue weighted by Crippen LogP contribution is -2.32. The average Bonchev–Trinajstić information content (AvgIpc) is 2.76. The smallest absolute Gasteiger partial charge is 0.318 e. The molecule has 4 heteroatoms. The largest absolute Gasteiger partial charge is 0.455 e. The van der Waals surface area contributed by atoms with Crippen LogP contribution in [0.25, 0.3) is 0 Å². The molecule has 0 spiro atoms. The summed E-state index contributed by atoms with van der Waals surface area (Å²) >= 11 is 0. The molecule has 0 aromatic heterocycles. The normalized spacial score (nSPS) is 11.7. The lowest BCUT2D eigenvalue weighted by molar-refractivity contribution is -0.149. The highest BCUT2D eigenvalue weighted by atomic mass is 16.5. The summed E-state index contributed by atoms with van der Waals surface area (Å²) in [6, 6.07) is 24.8. The van der Waals surface area contributed by atoms with E-state index in [0.717, 1.165) is 16.7 Å². The van der Waals surface area contributed by atoms with Gasteiger partial charge in [-0.05, 0) is 48.6 Å². The molecule has 30 heavy (non-hydrogen) atoms. The molecule has 1 atom stereocenters. The number of nitrogens with one attached hydrogen (secondary N) is 1. The second-order valence-corrected chi connectivity index (χ2v) is 7.49. The molecule has 0 fully saturated rings. The van der Waals surface area contributed by atoms with Crippen molar-refractivity contribution in [3.8, 4) is 0 Å². The highest BCUT2D eigenvalue weighted by Crippen LogP contribution is 2.26. The van der Waals surface area contributed by atoms with Crippen LogP contribution in [0.1, 0.15) is 46.7 Å². The van der Waals surface area contributed by atoms with Gasteiger partial charge in [0.2, 0.25) is 0 Å². The van der Waals surface area contributed by atoms with Gasteiger partial charge in [-0.15, -0.1) is 0 Å². The van der Waals surface area contributed by atoms with E-state index in [1.807, 2.05) is 86.6 Å². The minimum atomic E-state index is -0.572. The van der Waals surface area contributed by atoms with Crippen LogP contribution >= 0.6 is 0 Å². The molecule has 0 bridgehead atoms. The number of carbonyl (C=O) groups is 2. The molecule has 0 aliphatic heterocycles. The van der Waals surface area contributed by atoms with E-state index >= 15 is 0 Å². The van der Waals surface area contributed by atoms with Crippen LogP contribution in [-0.4, -0.2) is 18.5 Å². The summed E-state index contributed by atoms with van der Waals surface area (Å²) in [5.41, 5.74) is 5.06. The van der Waals surface area contributed by atoms with Gasteiger partial charge in [-0.3, -0.25) is 9.59 Å². The van der Waals surface area contributed by atoms with Crippen molar-refractivity contribution in [2.24, 2.45) is 0 Å². The Morgan fingerprint density at radius 2 is 1.37 bits per heavy atom. The zero-order valence-corrected chi connectivity index (χ0v) is 17.6. The van der Waals surface area contributed by atoms with Crippen LogP contribution < -0.4 is 5.32 Å². The van der Waals surface area contributed by atoms with E-state index in [1.165, 1.54) is 11.1 Å². The number of rotatable bonds is 7. The zero-order valence-electron chi connectivity index (χ0n) is 17.6. The van der Waals surface area contributed by atoms with Gasteiger partial charge in [-0.2, -0.15) is 0 Å². The molecule has 0 heterocycles. The fraction of sp³-hybridized carbons (Fsp3) is 0.231. The summed E-state index contributed by atoms with van der Waals surface area (Å²) < 4.78 is 5.40. The first-order chi connectivity index (χ1) is 14.5. The molecule has 0 saturated carbocycles. The predicted octanol–water partition coefficient (Wildman–Crippen LogP) is 4.86. The summed E-state index contributed by atoms with van der Waals surface area (Å²) in [7, 11) is 0. The summed E-state index contributed by atoms with van der Waals surface area (Å²) in [6.45, 7) is 5.70. The standard InChI is InChI=1S/C26H27NO3/c1-18-14-15-23(16-19(18)2)20(3)27-24(28)17-30-26(29)25(21-10-6-4-7-11-21)22-12-8-5-9-13-22/h4-16,20,25H,17H2,1-3H3,(H,27,28)/t20-/m1/s1. The van der Waals surface area contributed by atoms with Crippen molar-refractivity contribution < 1.29 is 14.3 Å². The van der Waals surface area contributed by atoms with E-state index in [2.05, 4.69) is 18.3 Å². The first-order valence-corrected chi connectivity index (χ1v) is 10.1. The lowest BCUT2D eigenvalue weighted by Gasteiger charge is -2.18. The van der Waals surface area contributed by atoms with Crippen LogP contribution in [0.5, 0.6) is 0 Å². The summed E-state index contributed by atoms with van der Waals surface area (Å²) in [4.78, 5) is 25.3. The van der Waals surface area contributed by atoms with Crippen LogP contribution in [0.15, 0.2) is 78.9 Å². The molecule has 0 aliphatic rings. The van der Waals surface area contributed by atoms with Crippen molar-refractivity contribution in [2.75, 3.05) is 6.61 Å². The Kier molecular flexibility index (Phi) is 7.02. The highest BCUT2D eigenvalue weighted by molar-refractivity contribution is 5.85. The first-order valence-electron chi connectivity index (χ1n) is 10.1. The minimum Gasteiger partial charge on any atom is -0.455 e. The highest BCUT2D eigenvalue weighted by Gasteiger charge is 2.25. The first kappa shape index (κ1) is 21.3. The Morgan fingerprint density at radius 1 is 0.800 bits per heavy atom. The Bertz CT molecular complexity index is 960. The molecule has 4 nitrogen and oxygen atoms in total. The SMILES string of the molecule is Cc1ccc([C@@H](C)NC(=O)COC(=O)C(c2ccccc2)c2ccccc2)cc1C. The van der Waals surface area contributed by atoms with E-state index in [1.54, 1.807) is 0 Å². The zero-order chi connectivity index (χ0) is 21.5. The number of benzene rings is 3. The van der Waals surface area contributed by atoms with E-state index in [4.69, 9.17) is 4.74 Å². The molecular weight excluding hydrogens is 374 g/mol. The number of amides is 1. The molecule has 0 radical (unpaired) electrons. The second-order valence-electron chi connectivity index (χ2n) is 7.49. The van der Waals surface area contributed by atoms with Crippen molar-refractivity contribution in [3.05, 3.63) is 107 Å². The maximum Gasteiger partial charge on any atom is 0.318 e. The van der Waals surface area contributed by atoms with Crippen LogP contribution in [-0.2, 0) is 14.3 Å². The van der Waals surface area contributed by atoms with Gasteiger partial charge in [0.1, 0.15) is 5.92 Å². The molecule has 0 unspecified atom stereocenters. The van der Waals surface area contributed by atoms with Gasteiger partial charge >= 0.3 is 5.97 Å². The molecule has 3 aromatic carbocycles. The van der Waals surface area contributed by atoms with Crippen molar-refractivity contribution in [1.82, 2.24) is 5.32 Å². The molecule has 0 saturated heterocycles. The quantitative estimate of drug-likeness (QED) is 0.576. The molecule has 3 aromatic rings. The van der Waals surface area contributed by atoms with Gasteiger partial charge in [0.25, 0.3) is 5.91 Å². The Balaban J connectivity index is 1.65. The molecular formula is C26H27NO3. The van der Waals surface area contributed by atoms with Crippen LogP contribution in [0.3, 0.4) is 0 Å². The monoisotopic (exact) mass is 401 g/mol. The maximum absolute atomic E-state index is 12.9. The van der Waals surface area contributed by atoms with Gasteiger partial charge in [0.05, 0.1) is 6.04 Å². The fourth-order valence-corrected chi connectivity index (χ4v) is 3.38. The number of esters is 1. The van der Waals surface area contributed by atoms with Crippen molar-refractivity contribution >= 4 is 11.9 Å². The second kappa shape index (κ2) is 9.88. The van der Waals surface area contributed by atoms with E-state index in [0.29, 0.717) is 0 Å². The predicted molar refractivity (Wildman–Crippen MR) is 118 cm³/mol. The summed E-state index contributed by atoms with van der Waals surface area (Å²) in [5, 5.41) is 2.90. The summed E-state index contributed by atoms with van der Waals surface area (Å²) in [6.07, 6.45) is 0. The van der Waals surface area contributed by atoms with E-state index in [-0.39, 0.29) is 18.6 Å². The summed E-state index contributed by atoms with van der Waals surface area (Å²) in [5.74, 6) is -1.34. The number of hydrogen-bond donors (Lipinski definition) is 1. The number of ether oxygens (including phenoxy) is 1. The van der Waals surface area contributed by atoms with Crippen LogP contribution in [0, 0.1) is 13.8 Å². The molecule has 154 valence electrons. The van der Waals surface area contributed by atoms with Gasteiger partial charge in [0, 0.05) is 0 Å². The Hall–Kier alpha value is -3.40. The number of aryl methyl sites for hydroxylation is 2. The molecule has 1 amide bonds. The van der Waals surface area contributed by atoms with Gasteiger partial charge in [0.15, 0.2) is 6.61 Å². The number of carbonyl (C=O) groups excluding carboxylic acids is 2. The van der Waals surface area contributed by atoms with Crippen molar-refractivity contribution in [1.29, 1.82) is 0 Å². The number of hydrogen-bond acceptors (Lipinski definition) is 3. The van der Waals surface area contributed by atoms with E-state index < -0.39 is 11.9 Å². The maximum atomic E-state index is 12.9. The van der Waals surface area contributed by atoms with Crippen LogP contribution in [0.2, 0.25) is 0 Å². The molecule has 3 rings (SSSR count). The average molecular weight is 402 g/mol. The van der Waals surface area contributed by atoms with Gasteiger partial charge < -0.3 is 10.1 Å². The third kappa shape index (κ3) is 5.35. The van der Waals surface area contributed by atoms with Gasteiger partial charge in [-0.25, -0.2) is 0 Å². The van der Waals surface area contributed by atoms with E-state index in [9.17, 15) is 9.59 Å². The Morgan fingerprint density at radius 3 is 1.90 bits per heavy atom. The van der Waals surface area contributed by atoms with Gasteiger partial charge in [-0.1, -0.05) is 78.9 Å². The third-order valence-corrected chi connectivity index (χ3v) is 5.26. The molecule has 0 aliphatic carbocycles.